The predicted molar refractivity (Wildman–Crippen MR) is 143 cm³/mol. The van der Waals surface area contributed by atoms with Crippen LogP contribution in [0.2, 0.25) is 0 Å². The van der Waals surface area contributed by atoms with Crippen molar-refractivity contribution in [1.82, 2.24) is 4.98 Å². The first-order valence-electron chi connectivity index (χ1n) is 11.9. The number of aryl methyl sites for hydroxylation is 3. The van der Waals surface area contributed by atoms with Gasteiger partial charge in [0.2, 0.25) is 5.76 Å². The van der Waals surface area contributed by atoms with Crippen molar-refractivity contribution in [3.05, 3.63) is 90.8 Å². The number of ketones is 1. The Morgan fingerprint density at radius 1 is 1.03 bits per heavy atom. The number of hydrogen-bond donors (Lipinski definition) is 0. The van der Waals surface area contributed by atoms with Gasteiger partial charge < -0.3 is 4.42 Å². The maximum absolute atomic E-state index is 13.9. The molecule has 5 rings (SSSR count). The number of nitrogens with zero attached hydrogens (tertiary/aromatic N) is 2. The van der Waals surface area contributed by atoms with E-state index in [1.54, 1.807) is 13.0 Å². The van der Waals surface area contributed by atoms with Crippen LogP contribution in [0.1, 0.15) is 87.5 Å². The summed E-state index contributed by atoms with van der Waals surface area (Å²) in [5.74, 6) is -0.522. The van der Waals surface area contributed by atoms with Gasteiger partial charge in [-0.2, -0.15) is 0 Å². The summed E-state index contributed by atoms with van der Waals surface area (Å²) >= 11 is 1.16. The predicted octanol–water partition coefficient (Wildman–Crippen LogP) is 6.42. The molecule has 1 aliphatic heterocycles. The molecule has 0 saturated heterocycles. The lowest BCUT2D eigenvalue weighted by Crippen LogP contribution is -2.29. The third-order valence-electron chi connectivity index (χ3n) is 6.89. The van der Waals surface area contributed by atoms with Gasteiger partial charge in [0.15, 0.2) is 16.3 Å². The minimum atomic E-state index is -0.714. The van der Waals surface area contributed by atoms with Gasteiger partial charge in [0.1, 0.15) is 5.58 Å². The van der Waals surface area contributed by atoms with Crippen LogP contribution in [0.5, 0.6) is 0 Å². The number of carbonyl (C=O) groups excluding carboxylic acids is 2. The van der Waals surface area contributed by atoms with Gasteiger partial charge in [-0.1, -0.05) is 56.4 Å². The molecule has 1 amide bonds. The molecule has 0 saturated carbocycles. The lowest BCUT2D eigenvalue weighted by molar-refractivity contribution is 0.0969. The van der Waals surface area contributed by atoms with Crippen LogP contribution in [0.25, 0.3) is 11.0 Å². The van der Waals surface area contributed by atoms with E-state index in [1.165, 1.54) is 11.8 Å². The second-order valence-electron chi connectivity index (χ2n) is 10.5. The molecule has 6 nitrogen and oxygen atoms in total. The van der Waals surface area contributed by atoms with Gasteiger partial charge in [0, 0.05) is 6.92 Å². The van der Waals surface area contributed by atoms with E-state index in [0.29, 0.717) is 32.2 Å². The Labute approximate surface area is 213 Å². The molecule has 1 atom stereocenters. The first-order chi connectivity index (χ1) is 16.9. The monoisotopic (exact) mass is 500 g/mol. The average Bonchev–Trinajstić information content (AvgIpc) is 3.32. The number of Topliss-reactive ketones (excluding diaryl/α,β-unsaturated/α-hetero) is 1. The third-order valence-corrected chi connectivity index (χ3v) is 8.15. The lowest BCUT2D eigenvalue weighted by Gasteiger charge is -2.24. The van der Waals surface area contributed by atoms with Crippen LogP contribution >= 0.6 is 11.3 Å². The summed E-state index contributed by atoms with van der Waals surface area (Å²) in [6, 6.07) is 10.9. The van der Waals surface area contributed by atoms with Crippen LogP contribution in [0.3, 0.4) is 0 Å². The van der Waals surface area contributed by atoms with E-state index in [9.17, 15) is 14.4 Å². The highest BCUT2D eigenvalue weighted by Gasteiger charge is 2.45. The topological polar surface area (TPSA) is 80.5 Å². The second kappa shape index (κ2) is 8.23. The Kier molecular flexibility index (Phi) is 5.52. The van der Waals surface area contributed by atoms with E-state index in [1.807, 2.05) is 44.2 Å². The van der Waals surface area contributed by atoms with Gasteiger partial charge in [-0.05, 0) is 60.6 Å². The molecular formula is C29H28N2O4S. The van der Waals surface area contributed by atoms with Gasteiger partial charge in [0.05, 0.1) is 27.6 Å². The normalized spacial score (nSPS) is 15.6. The van der Waals surface area contributed by atoms with E-state index in [2.05, 4.69) is 25.8 Å². The van der Waals surface area contributed by atoms with Crippen molar-refractivity contribution in [2.45, 2.75) is 59.9 Å². The standard InChI is InChI=1S/C29H28N2O4S/c1-14-12-20-21(13-15(14)2)35-25-22(24(20)33)23(18-8-10-19(11-9-18)29(5,6)7)31(27(25)34)28-30-16(3)26(36-28)17(4)32/h8-13,23H,1-7H3. The second-order valence-corrected chi connectivity index (χ2v) is 11.5. The quantitative estimate of drug-likeness (QED) is 0.303. The minimum absolute atomic E-state index is 0.0258. The minimum Gasteiger partial charge on any atom is -0.450 e. The molecule has 0 N–H and O–H groups in total. The number of fused-ring (bicyclic) bond motifs is 2. The van der Waals surface area contributed by atoms with Crippen molar-refractivity contribution in [3.8, 4) is 0 Å². The average molecular weight is 501 g/mol. The molecule has 0 radical (unpaired) electrons. The molecule has 1 aliphatic rings. The van der Waals surface area contributed by atoms with Crippen molar-refractivity contribution >= 4 is 39.1 Å². The number of aromatic nitrogens is 1. The molecular weight excluding hydrogens is 472 g/mol. The Morgan fingerprint density at radius 3 is 2.25 bits per heavy atom. The number of amides is 1. The first-order valence-corrected chi connectivity index (χ1v) is 12.7. The summed E-state index contributed by atoms with van der Waals surface area (Å²) in [4.78, 5) is 46.4. The molecule has 2 aromatic carbocycles. The molecule has 1 unspecified atom stereocenters. The van der Waals surface area contributed by atoms with Crippen molar-refractivity contribution in [2.24, 2.45) is 0 Å². The summed E-state index contributed by atoms with van der Waals surface area (Å²) in [6.07, 6.45) is 0. The molecule has 0 fully saturated rings. The largest absolute Gasteiger partial charge is 0.450 e. The van der Waals surface area contributed by atoms with Crippen LogP contribution in [0, 0.1) is 20.8 Å². The molecule has 0 aliphatic carbocycles. The van der Waals surface area contributed by atoms with Crippen molar-refractivity contribution in [3.63, 3.8) is 0 Å². The van der Waals surface area contributed by atoms with Crippen LogP contribution in [0.15, 0.2) is 45.6 Å². The van der Waals surface area contributed by atoms with Gasteiger partial charge in [-0.25, -0.2) is 4.98 Å². The molecule has 0 bridgehead atoms. The number of thiazole rings is 1. The van der Waals surface area contributed by atoms with Crippen LogP contribution in [-0.4, -0.2) is 16.7 Å². The molecule has 0 spiro atoms. The highest BCUT2D eigenvalue weighted by molar-refractivity contribution is 7.17. The van der Waals surface area contributed by atoms with E-state index in [4.69, 9.17) is 4.42 Å². The maximum atomic E-state index is 13.9. The van der Waals surface area contributed by atoms with E-state index >= 15 is 0 Å². The molecule has 36 heavy (non-hydrogen) atoms. The highest BCUT2D eigenvalue weighted by atomic mass is 32.1. The Bertz CT molecular complexity index is 1620. The third kappa shape index (κ3) is 3.69. The number of anilines is 1. The summed E-state index contributed by atoms with van der Waals surface area (Å²) < 4.78 is 6.12. The molecule has 2 aromatic heterocycles. The van der Waals surface area contributed by atoms with E-state index in [-0.39, 0.29) is 22.4 Å². The Morgan fingerprint density at radius 2 is 1.67 bits per heavy atom. The van der Waals surface area contributed by atoms with Crippen molar-refractivity contribution in [1.29, 1.82) is 0 Å². The van der Waals surface area contributed by atoms with Crippen molar-refractivity contribution < 1.29 is 14.0 Å². The van der Waals surface area contributed by atoms with Crippen LogP contribution < -0.4 is 10.3 Å². The Balaban J connectivity index is 1.78. The zero-order valence-corrected chi connectivity index (χ0v) is 22.3. The van der Waals surface area contributed by atoms with Crippen molar-refractivity contribution in [2.75, 3.05) is 4.90 Å². The molecule has 7 heteroatoms. The number of benzene rings is 2. The van der Waals surface area contributed by atoms with Gasteiger partial charge in [-0.3, -0.25) is 19.3 Å². The summed E-state index contributed by atoms with van der Waals surface area (Å²) in [7, 11) is 0. The number of hydrogen-bond acceptors (Lipinski definition) is 6. The molecule has 184 valence electrons. The molecule has 3 heterocycles. The fraction of sp³-hybridized carbons (Fsp3) is 0.310. The fourth-order valence-electron chi connectivity index (χ4n) is 4.72. The zero-order valence-electron chi connectivity index (χ0n) is 21.5. The highest BCUT2D eigenvalue weighted by Crippen LogP contribution is 2.43. The van der Waals surface area contributed by atoms with Crippen LogP contribution in [-0.2, 0) is 5.41 Å². The van der Waals surface area contributed by atoms with Gasteiger partial charge in [0.25, 0.3) is 5.91 Å². The van der Waals surface area contributed by atoms with Gasteiger partial charge >= 0.3 is 0 Å². The van der Waals surface area contributed by atoms with Gasteiger partial charge in [-0.15, -0.1) is 0 Å². The lowest BCUT2D eigenvalue weighted by atomic mass is 9.86. The first kappa shape index (κ1) is 24.1. The summed E-state index contributed by atoms with van der Waals surface area (Å²) in [5.41, 5.74) is 4.85. The summed E-state index contributed by atoms with van der Waals surface area (Å²) in [6.45, 7) is 13.5. The Hall–Kier alpha value is -3.58. The van der Waals surface area contributed by atoms with E-state index in [0.717, 1.165) is 33.6 Å². The van der Waals surface area contributed by atoms with E-state index < -0.39 is 11.9 Å². The maximum Gasteiger partial charge on any atom is 0.297 e. The molecule has 4 aromatic rings. The summed E-state index contributed by atoms with van der Waals surface area (Å²) in [5, 5.41) is 0.817. The zero-order chi connectivity index (χ0) is 26.1. The SMILES string of the molecule is CC(=O)c1sc(N2C(=O)c3oc4cc(C)c(C)cc4c(=O)c3C2c2ccc(C(C)(C)C)cc2)nc1C. The smallest absolute Gasteiger partial charge is 0.297 e. The fourth-order valence-corrected chi connectivity index (χ4v) is 5.71. The van der Waals surface area contributed by atoms with Crippen LogP contribution in [0.4, 0.5) is 5.13 Å². The number of carbonyl (C=O) groups is 2. The number of rotatable bonds is 3.